The number of hydrogen-bond acceptors (Lipinski definition) is 5. The number of likely N-dealkylation sites (N-methyl/N-ethyl adjacent to an activating group) is 1. The highest BCUT2D eigenvalue weighted by atomic mass is 32.1. The van der Waals surface area contributed by atoms with Gasteiger partial charge in [0, 0.05) is 44.8 Å². The fourth-order valence-corrected chi connectivity index (χ4v) is 2.67. The summed E-state index contributed by atoms with van der Waals surface area (Å²) in [6, 6.07) is -0.235. The minimum Gasteiger partial charge on any atom is -0.480 e. The Bertz CT molecular complexity index is 443. The number of rotatable bonds is 3. The van der Waals surface area contributed by atoms with Crippen molar-refractivity contribution in [2.45, 2.75) is 0 Å². The van der Waals surface area contributed by atoms with E-state index in [4.69, 9.17) is 5.11 Å². The number of nitrogens with zero attached hydrogens (tertiary/aromatic N) is 4. The average Bonchev–Trinajstić information content (AvgIpc) is 2.91. The van der Waals surface area contributed by atoms with Crippen molar-refractivity contribution in [3.05, 3.63) is 11.6 Å². The lowest BCUT2D eigenvalue weighted by Gasteiger charge is -2.36. The molecule has 1 aliphatic heterocycles. The van der Waals surface area contributed by atoms with Gasteiger partial charge in [-0.05, 0) is 0 Å². The molecule has 0 bridgehead atoms. The summed E-state index contributed by atoms with van der Waals surface area (Å²) in [4.78, 5) is 31.8. The molecule has 1 aromatic rings. The molecule has 0 saturated carbocycles. The van der Waals surface area contributed by atoms with Crippen LogP contribution in [0.5, 0.6) is 0 Å². The van der Waals surface area contributed by atoms with Crippen molar-refractivity contribution in [2.75, 3.05) is 44.7 Å². The maximum absolute atomic E-state index is 12.0. The lowest BCUT2D eigenvalue weighted by molar-refractivity contribution is -0.137. The van der Waals surface area contributed by atoms with Crippen LogP contribution in [-0.2, 0) is 4.79 Å². The van der Waals surface area contributed by atoms with Crippen molar-refractivity contribution in [3.8, 4) is 0 Å². The average molecular weight is 284 g/mol. The largest absolute Gasteiger partial charge is 0.480 e. The van der Waals surface area contributed by atoms with Crippen LogP contribution in [0.4, 0.5) is 9.93 Å². The van der Waals surface area contributed by atoms with Crippen LogP contribution in [0.1, 0.15) is 0 Å². The molecule has 7 nitrogen and oxygen atoms in total. The predicted molar refractivity (Wildman–Crippen MR) is 71.6 cm³/mol. The topological polar surface area (TPSA) is 77.0 Å². The van der Waals surface area contributed by atoms with Gasteiger partial charge in [-0.25, -0.2) is 9.78 Å². The molecule has 1 aliphatic rings. The number of thiazole rings is 1. The van der Waals surface area contributed by atoms with Crippen LogP contribution in [0, 0.1) is 0 Å². The number of hydrogen-bond donors (Lipinski definition) is 1. The molecule has 0 atom stereocenters. The second kappa shape index (κ2) is 5.87. The van der Waals surface area contributed by atoms with Gasteiger partial charge >= 0.3 is 12.0 Å². The summed E-state index contributed by atoms with van der Waals surface area (Å²) in [5, 5.41) is 11.6. The van der Waals surface area contributed by atoms with Crippen molar-refractivity contribution >= 4 is 28.5 Å². The summed E-state index contributed by atoms with van der Waals surface area (Å²) < 4.78 is 0. The quantitative estimate of drug-likeness (QED) is 0.869. The first-order valence-electron chi connectivity index (χ1n) is 5.94. The molecule has 19 heavy (non-hydrogen) atoms. The molecule has 0 aliphatic carbocycles. The SMILES string of the molecule is CN(CC(=O)O)C(=O)N1CCN(c2nccs2)CC1. The molecule has 0 aromatic carbocycles. The van der Waals surface area contributed by atoms with Gasteiger partial charge in [-0.1, -0.05) is 0 Å². The van der Waals surface area contributed by atoms with E-state index < -0.39 is 5.97 Å². The third-order valence-electron chi connectivity index (χ3n) is 2.94. The molecule has 1 N–H and O–H groups in total. The highest BCUT2D eigenvalue weighted by molar-refractivity contribution is 7.13. The minimum atomic E-state index is -1.00. The van der Waals surface area contributed by atoms with E-state index >= 15 is 0 Å². The Morgan fingerprint density at radius 2 is 2.11 bits per heavy atom. The van der Waals surface area contributed by atoms with E-state index in [0.717, 1.165) is 18.2 Å². The Morgan fingerprint density at radius 3 is 2.63 bits per heavy atom. The predicted octanol–water partition coefficient (Wildman–Crippen LogP) is 0.402. The summed E-state index contributed by atoms with van der Waals surface area (Å²) in [6.07, 6.45) is 1.76. The first-order chi connectivity index (χ1) is 9.08. The summed E-state index contributed by atoms with van der Waals surface area (Å²) in [6.45, 7) is 2.34. The summed E-state index contributed by atoms with van der Waals surface area (Å²) in [5.74, 6) is -1.00. The number of anilines is 1. The molecule has 1 aromatic heterocycles. The van der Waals surface area contributed by atoms with Gasteiger partial charge in [0.2, 0.25) is 0 Å². The van der Waals surface area contributed by atoms with Gasteiger partial charge in [0.1, 0.15) is 6.54 Å². The lowest BCUT2D eigenvalue weighted by atomic mass is 10.3. The zero-order valence-corrected chi connectivity index (χ0v) is 11.5. The molecule has 0 radical (unpaired) electrons. The number of carboxylic acid groups (broad SMARTS) is 1. The number of carbonyl (C=O) groups is 2. The van der Waals surface area contributed by atoms with Gasteiger partial charge in [-0.15, -0.1) is 11.3 Å². The number of aromatic nitrogens is 1. The summed E-state index contributed by atoms with van der Waals surface area (Å²) in [7, 11) is 1.50. The molecule has 2 heterocycles. The van der Waals surface area contributed by atoms with Gasteiger partial charge in [-0.2, -0.15) is 0 Å². The second-order valence-electron chi connectivity index (χ2n) is 4.32. The maximum Gasteiger partial charge on any atom is 0.323 e. The van der Waals surface area contributed by atoms with Crippen molar-refractivity contribution in [3.63, 3.8) is 0 Å². The van der Waals surface area contributed by atoms with E-state index in [1.807, 2.05) is 5.38 Å². The van der Waals surface area contributed by atoms with E-state index in [-0.39, 0.29) is 12.6 Å². The molecular formula is C11H16N4O3S. The number of piperazine rings is 1. The fraction of sp³-hybridized carbons (Fsp3) is 0.545. The first-order valence-corrected chi connectivity index (χ1v) is 6.82. The Morgan fingerprint density at radius 1 is 1.42 bits per heavy atom. The third kappa shape index (κ3) is 3.34. The van der Waals surface area contributed by atoms with Crippen LogP contribution in [0.2, 0.25) is 0 Å². The number of carboxylic acids is 1. The summed E-state index contributed by atoms with van der Waals surface area (Å²) >= 11 is 1.58. The van der Waals surface area contributed by atoms with E-state index in [1.54, 1.807) is 22.4 Å². The highest BCUT2D eigenvalue weighted by Gasteiger charge is 2.25. The van der Waals surface area contributed by atoms with Crippen molar-refractivity contribution < 1.29 is 14.7 Å². The zero-order valence-electron chi connectivity index (χ0n) is 10.7. The number of urea groups is 1. The van der Waals surface area contributed by atoms with Crippen LogP contribution in [0.15, 0.2) is 11.6 Å². The minimum absolute atomic E-state index is 0.235. The van der Waals surface area contributed by atoms with Gasteiger partial charge in [0.05, 0.1) is 0 Å². The van der Waals surface area contributed by atoms with Crippen LogP contribution >= 0.6 is 11.3 Å². The monoisotopic (exact) mass is 284 g/mol. The first kappa shape index (κ1) is 13.6. The molecule has 0 unspecified atom stereocenters. The third-order valence-corrected chi connectivity index (χ3v) is 3.77. The van der Waals surface area contributed by atoms with Gasteiger partial charge in [0.15, 0.2) is 5.13 Å². The zero-order chi connectivity index (χ0) is 13.8. The molecule has 8 heteroatoms. The number of aliphatic carboxylic acids is 1. The molecule has 104 valence electrons. The Balaban J connectivity index is 1.86. The molecule has 0 spiro atoms. The standard InChI is InChI=1S/C11H16N4O3S/c1-13(8-9(16)17)11(18)15-5-3-14(4-6-15)10-12-2-7-19-10/h2,7H,3-6,8H2,1H3,(H,16,17). The smallest absolute Gasteiger partial charge is 0.323 e. The highest BCUT2D eigenvalue weighted by Crippen LogP contribution is 2.19. The number of amides is 2. The van der Waals surface area contributed by atoms with Crippen LogP contribution in [0.25, 0.3) is 0 Å². The molecule has 1 fully saturated rings. The van der Waals surface area contributed by atoms with E-state index in [0.29, 0.717) is 13.1 Å². The fourth-order valence-electron chi connectivity index (χ4n) is 1.97. The van der Waals surface area contributed by atoms with Gasteiger partial charge in [-0.3, -0.25) is 4.79 Å². The number of carbonyl (C=O) groups excluding carboxylic acids is 1. The molecular weight excluding hydrogens is 268 g/mol. The van der Waals surface area contributed by atoms with Crippen LogP contribution in [-0.4, -0.2) is 71.7 Å². The summed E-state index contributed by atoms with van der Waals surface area (Å²) in [5.41, 5.74) is 0. The molecule has 2 amide bonds. The Hall–Kier alpha value is -1.83. The second-order valence-corrected chi connectivity index (χ2v) is 5.19. The van der Waals surface area contributed by atoms with E-state index in [1.165, 1.54) is 11.9 Å². The maximum atomic E-state index is 12.0. The van der Waals surface area contributed by atoms with Crippen LogP contribution in [0.3, 0.4) is 0 Å². The van der Waals surface area contributed by atoms with Crippen molar-refractivity contribution in [1.82, 2.24) is 14.8 Å². The Kier molecular flexibility index (Phi) is 4.20. The molecule has 2 rings (SSSR count). The van der Waals surface area contributed by atoms with E-state index in [9.17, 15) is 9.59 Å². The van der Waals surface area contributed by atoms with Crippen molar-refractivity contribution in [1.29, 1.82) is 0 Å². The van der Waals surface area contributed by atoms with Gasteiger partial charge < -0.3 is 19.8 Å². The van der Waals surface area contributed by atoms with Crippen LogP contribution < -0.4 is 4.90 Å². The lowest BCUT2D eigenvalue weighted by Crippen LogP contribution is -2.52. The Labute approximate surface area is 115 Å². The molecule has 1 saturated heterocycles. The normalized spacial score (nSPS) is 15.4. The van der Waals surface area contributed by atoms with E-state index in [2.05, 4.69) is 9.88 Å². The van der Waals surface area contributed by atoms with Gasteiger partial charge in [0.25, 0.3) is 0 Å². The van der Waals surface area contributed by atoms with Crippen molar-refractivity contribution in [2.24, 2.45) is 0 Å².